The lowest BCUT2D eigenvalue weighted by Crippen LogP contribution is -2.28. The number of rotatable bonds is 8. The second-order valence-electron chi connectivity index (χ2n) is 4.20. The molecule has 0 unspecified atom stereocenters. The van der Waals surface area contributed by atoms with Gasteiger partial charge in [-0.05, 0) is 24.6 Å². The highest BCUT2D eigenvalue weighted by atomic mass is 16.1. The van der Waals surface area contributed by atoms with Crippen molar-refractivity contribution in [3.63, 3.8) is 0 Å². The molecule has 0 heterocycles. The van der Waals surface area contributed by atoms with Crippen LogP contribution >= 0.6 is 0 Å². The molecule has 0 fully saturated rings. The maximum absolute atomic E-state index is 11.0. The molecule has 18 heavy (non-hydrogen) atoms. The number of hydrogen-bond donors (Lipinski definition) is 1. The molecule has 1 amide bonds. The molecule has 1 aromatic rings. The fraction of sp³-hybridized carbons (Fsp3) is 0.400. The van der Waals surface area contributed by atoms with E-state index in [1.165, 1.54) is 11.6 Å². The molecule has 1 N–H and O–H groups in total. The number of carbonyl (C=O) groups is 1. The predicted molar refractivity (Wildman–Crippen MR) is 75.2 cm³/mol. The second-order valence-corrected chi connectivity index (χ2v) is 4.20. The van der Waals surface area contributed by atoms with Gasteiger partial charge in [0.15, 0.2) is 0 Å². The van der Waals surface area contributed by atoms with Gasteiger partial charge in [-0.1, -0.05) is 43.8 Å². The molecule has 0 bridgehead atoms. The van der Waals surface area contributed by atoms with Crippen LogP contribution in [-0.4, -0.2) is 30.4 Å². The van der Waals surface area contributed by atoms with Crippen molar-refractivity contribution in [3.8, 4) is 0 Å². The Bertz CT molecular complexity index is 362. The predicted octanol–water partition coefficient (Wildman–Crippen LogP) is 2.20. The average Bonchev–Trinajstić information content (AvgIpc) is 2.43. The van der Waals surface area contributed by atoms with Gasteiger partial charge in [0.25, 0.3) is 0 Å². The Morgan fingerprint density at radius 1 is 1.39 bits per heavy atom. The third-order valence-electron chi connectivity index (χ3n) is 2.83. The summed E-state index contributed by atoms with van der Waals surface area (Å²) in [5.74, 6) is -0.0962. The Hall–Kier alpha value is -1.61. The summed E-state index contributed by atoms with van der Waals surface area (Å²) in [6.45, 7) is 9.26. The van der Waals surface area contributed by atoms with Crippen molar-refractivity contribution in [2.75, 3.05) is 19.6 Å². The van der Waals surface area contributed by atoms with Crippen molar-refractivity contribution < 1.29 is 4.79 Å². The van der Waals surface area contributed by atoms with Crippen molar-refractivity contribution in [2.45, 2.75) is 19.9 Å². The smallest absolute Gasteiger partial charge is 0.243 e. The van der Waals surface area contributed by atoms with E-state index in [1.807, 2.05) is 6.07 Å². The summed E-state index contributed by atoms with van der Waals surface area (Å²) in [5.41, 5.74) is 1.33. The van der Waals surface area contributed by atoms with Gasteiger partial charge in [-0.2, -0.15) is 0 Å². The first-order valence-electron chi connectivity index (χ1n) is 6.42. The van der Waals surface area contributed by atoms with Crippen LogP contribution in [0.1, 0.15) is 18.9 Å². The van der Waals surface area contributed by atoms with Crippen LogP contribution in [0.3, 0.4) is 0 Å². The molecule has 1 aromatic carbocycles. The van der Waals surface area contributed by atoms with E-state index in [-0.39, 0.29) is 5.91 Å². The minimum absolute atomic E-state index is 0.0962. The molecule has 0 spiro atoms. The van der Waals surface area contributed by atoms with E-state index in [9.17, 15) is 4.79 Å². The SMILES string of the molecule is C=CC(=O)NCCCN(CC)Cc1ccccc1. The van der Waals surface area contributed by atoms with E-state index in [0.29, 0.717) is 6.54 Å². The van der Waals surface area contributed by atoms with Gasteiger partial charge >= 0.3 is 0 Å². The first kappa shape index (κ1) is 14.5. The molecule has 0 atom stereocenters. The quantitative estimate of drug-likeness (QED) is 0.563. The lowest BCUT2D eigenvalue weighted by atomic mass is 10.2. The molecule has 0 aliphatic rings. The van der Waals surface area contributed by atoms with Gasteiger partial charge in [-0.25, -0.2) is 0 Å². The van der Waals surface area contributed by atoms with Crippen molar-refractivity contribution in [1.82, 2.24) is 10.2 Å². The summed E-state index contributed by atoms with van der Waals surface area (Å²) in [7, 11) is 0. The summed E-state index contributed by atoms with van der Waals surface area (Å²) in [6.07, 6.45) is 2.27. The minimum atomic E-state index is -0.0962. The van der Waals surface area contributed by atoms with E-state index in [4.69, 9.17) is 0 Å². The zero-order valence-corrected chi connectivity index (χ0v) is 11.1. The fourth-order valence-corrected chi connectivity index (χ4v) is 1.78. The minimum Gasteiger partial charge on any atom is -0.353 e. The van der Waals surface area contributed by atoms with Crippen molar-refractivity contribution in [2.24, 2.45) is 0 Å². The van der Waals surface area contributed by atoms with Crippen molar-refractivity contribution in [3.05, 3.63) is 48.6 Å². The molecule has 3 heteroatoms. The number of carbonyl (C=O) groups excluding carboxylic acids is 1. The Kier molecular flexibility index (Phi) is 6.81. The van der Waals surface area contributed by atoms with Crippen LogP contribution in [0.5, 0.6) is 0 Å². The summed E-state index contributed by atoms with van der Waals surface area (Å²) >= 11 is 0. The van der Waals surface area contributed by atoms with Gasteiger partial charge in [0, 0.05) is 19.6 Å². The first-order valence-corrected chi connectivity index (χ1v) is 6.42. The van der Waals surface area contributed by atoms with Crippen LogP contribution < -0.4 is 5.32 Å². The Morgan fingerprint density at radius 2 is 2.11 bits per heavy atom. The van der Waals surface area contributed by atoms with Gasteiger partial charge in [-0.15, -0.1) is 0 Å². The number of hydrogen-bond acceptors (Lipinski definition) is 2. The summed E-state index contributed by atoms with van der Waals surface area (Å²) < 4.78 is 0. The molecule has 1 rings (SSSR count). The molecule has 0 aliphatic carbocycles. The third kappa shape index (κ3) is 5.64. The van der Waals surface area contributed by atoms with Crippen LogP contribution in [0.2, 0.25) is 0 Å². The van der Waals surface area contributed by atoms with Gasteiger partial charge < -0.3 is 5.32 Å². The zero-order chi connectivity index (χ0) is 13.2. The standard InChI is InChI=1S/C15H22N2O/c1-3-15(18)16-11-8-12-17(4-2)13-14-9-6-5-7-10-14/h3,5-7,9-10H,1,4,8,11-13H2,2H3,(H,16,18). The molecule has 0 aliphatic heterocycles. The monoisotopic (exact) mass is 246 g/mol. The normalized spacial score (nSPS) is 10.3. The van der Waals surface area contributed by atoms with Crippen LogP contribution in [0.15, 0.2) is 43.0 Å². The maximum Gasteiger partial charge on any atom is 0.243 e. The molecular formula is C15H22N2O. The van der Waals surface area contributed by atoms with E-state index in [1.54, 1.807) is 0 Å². The number of amides is 1. The van der Waals surface area contributed by atoms with E-state index < -0.39 is 0 Å². The average molecular weight is 246 g/mol. The lowest BCUT2D eigenvalue weighted by molar-refractivity contribution is -0.116. The Labute approximate surface area is 109 Å². The molecule has 0 saturated heterocycles. The van der Waals surface area contributed by atoms with Crippen LogP contribution in [0, 0.1) is 0 Å². The van der Waals surface area contributed by atoms with Gasteiger partial charge in [0.05, 0.1) is 0 Å². The van der Waals surface area contributed by atoms with Crippen molar-refractivity contribution >= 4 is 5.91 Å². The highest BCUT2D eigenvalue weighted by molar-refractivity contribution is 5.86. The van der Waals surface area contributed by atoms with Crippen LogP contribution in [0.25, 0.3) is 0 Å². The van der Waals surface area contributed by atoms with Gasteiger partial charge in [0.1, 0.15) is 0 Å². The topological polar surface area (TPSA) is 32.3 Å². The largest absolute Gasteiger partial charge is 0.353 e. The summed E-state index contributed by atoms with van der Waals surface area (Å²) in [5, 5.41) is 2.79. The van der Waals surface area contributed by atoms with Gasteiger partial charge in [-0.3, -0.25) is 9.69 Å². The number of benzene rings is 1. The number of nitrogens with one attached hydrogen (secondary N) is 1. The highest BCUT2D eigenvalue weighted by Crippen LogP contribution is 2.04. The molecular weight excluding hydrogens is 224 g/mol. The zero-order valence-electron chi connectivity index (χ0n) is 11.1. The molecule has 98 valence electrons. The van der Waals surface area contributed by atoms with E-state index in [0.717, 1.165) is 26.1 Å². The molecule has 3 nitrogen and oxygen atoms in total. The van der Waals surface area contributed by atoms with Gasteiger partial charge in [0.2, 0.25) is 5.91 Å². The van der Waals surface area contributed by atoms with E-state index >= 15 is 0 Å². The highest BCUT2D eigenvalue weighted by Gasteiger charge is 2.03. The third-order valence-corrected chi connectivity index (χ3v) is 2.83. The summed E-state index contributed by atoms with van der Waals surface area (Å²) in [4.78, 5) is 13.3. The molecule has 0 radical (unpaired) electrons. The van der Waals surface area contributed by atoms with Crippen LogP contribution in [0.4, 0.5) is 0 Å². The number of nitrogens with zero attached hydrogens (tertiary/aromatic N) is 1. The van der Waals surface area contributed by atoms with Crippen molar-refractivity contribution in [1.29, 1.82) is 0 Å². The van der Waals surface area contributed by atoms with E-state index in [2.05, 4.69) is 48.0 Å². The maximum atomic E-state index is 11.0. The Balaban J connectivity index is 2.25. The summed E-state index contributed by atoms with van der Waals surface area (Å²) in [6, 6.07) is 10.4. The van der Waals surface area contributed by atoms with Crippen LogP contribution in [-0.2, 0) is 11.3 Å². The Morgan fingerprint density at radius 3 is 2.72 bits per heavy atom. The molecule has 0 aromatic heterocycles. The fourth-order valence-electron chi connectivity index (χ4n) is 1.78. The lowest BCUT2D eigenvalue weighted by Gasteiger charge is -2.20. The first-order chi connectivity index (χ1) is 8.76. The second kappa shape index (κ2) is 8.48. The molecule has 0 saturated carbocycles.